The van der Waals surface area contributed by atoms with Crippen molar-refractivity contribution in [2.45, 2.75) is 6.10 Å². The average molecular weight is 261 g/mol. The van der Waals surface area contributed by atoms with Gasteiger partial charge in [-0.1, -0.05) is 17.7 Å². The Labute approximate surface area is 108 Å². The number of hydrogen-bond acceptors (Lipinski definition) is 4. The summed E-state index contributed by atoms with van der Waals surface area (Å²) in [5.74, 6) is 0. The topological polar surface area (TPSA) is 74.7 Å². The van der Waals surface area contributed by atoms with Gasteiger partial charge in [-0.3, -0.25) is 4.98 Å². The van der Waals surface area contributed by atoms with E-state index < -0.39 is 6.10 Å². The van der Waals surface area contributed by atoms with Crippen molar-refractivity contribution in [2.24, 2.45) is 0 Å². The van der Waals surface area contributed by atoms with Gasteiger partial charge < -0.3 is 10.1 Å². The van der Waals surface area contributed by atoms with Crippen molar-refractivity contribution in [1.29, 1.82) is 0 Å². The Hall–Kier alpha value is -1.98. The normalized spacial score (nSPS) is 12.8. The number of nitrogens with zero attached hydrogens (tertiary/aromatic N) is 3. The Bertz CT molecular complexity index is 683. The van der Waals surface area contributed by atoms with Crippen LogP contribution < -0.4 is 0 Å². The van der Waals surface area contributed by atoms with E-state index in [2.05, 4.69) is 19.9 Å². The summed E-state index contributed by atoms with van der Waals surface area (Å²) in [5.41, 5.74) is 1.77. The van der Waals surface area contributed by atoms with E-state index >= 15 is 0 Å². The number of nitrogens with one attached hydrogen (secondary N) is 1. The van der Waals surface area contributed by atoms with Crippen molar-refractivity contribution < 1.29 is 5.11 Å². The van der Waals surface area contributed by atoms with Crippen molar-refractivity contribution in [3.8, 4) is 0 Å². The van der Waals surface area contributed by atoms with E-state index in [1.165, 1.54) is 6.33 Å². The van der Waals surface area contributed by atoms with E-state index in [4.69, 9.17) is 11.6 Å². The van der Waals surface area contributed by atoms with E-state index in [-0.39, 0.29) is 0 Å². The van der Waals surface area contributed by atoms with Crippen LogP contribution in [-0.2, 0) is 0 Å². The van der Waals surface area contributed by atoms with Crippen LogP contribution >= 0.6 is 11.6 Å². The molecular formula is C12H9ClN4O. The molecule has 18 heavy (non-hydrogen) atoms. The van der Waals surface area contributed by atoms with Crippen LogP contribution in [0.4, 0.5) is 0 Å². The summed E-state index contributed by atoms with van der Waals surface area (Å²) < 4.78 is 0. The number of fused-ring (bicyclic) bond motifs is 1. The highest BCUT2D eigenvalue weighted by Crippen LogP contribution is 2.30. The second-order valence-electron chi connectivity index (χ2n) is 3.79. The summed E-state index contributed by atoms with van der Waals surface area (Å²) >= 11 is 6.03. The number of hydrogen-bond donors (Lipinski definition) is 2. The minimum atomic E-state index is -0.858. The number of aliphatic hydroxyl groups is 1. The van der Waals surface area contributed by atoms with Gasteiger partial charge >= 0.3 is 0 Å². The number of halogens is 1. The van der Waals surface area contributed by atoms with Crippen molar-refractivity contribution in [2.75, 3.05) is 0 Å². The summed E-state index contributed by atoms with van der Waals surface area (Å²) in [6.45, 7) is 0. The Morgan fingerprint density at radius 3 is 2.89 bits per heavy atom. The lowest BCUT2D eigenvalue weighted by molar-refractivity contribution is 0.217. The Morgan fingerprint density at radius 1 is 1.22 bits per heavy atom. The first-order chi connectivity index (χ1) is 8.77. The highest BCUT2D eigenvalue weighted by atomic mass is 35.5. The number of rotatable bonds is 2. The first-order valence-electron chi connectivity index (χ1n) is 5.34. The number of aromatic nitrogens is 4. The minimum Gasteiger partial charge on any atom is -0.382 e. The van der Waals surface area contributed by atoms with Gasteiger partial charge in [0.1, 0.15) is 23.2 Å². The van der Waals surface area contributed by atoms with Gasteiger partial charge in [-0.2, -0.15) is 0 Å². The van der Waals surface area contributed by atoms with Crippen molar-refractivity contribution >= 4 is 22.6 Å². The Balaban J connectivity index is 2.15. The SMILES string of the molecule is OC(c1ccccn1)c1c[nH]c2ncnc(Cl)c12. The molecule has 0 saturated carbocycles. The monoisotopic (exact) mass is 260 g/mol. The second kappa shape index (κ2) is 4.36. The first kappa shape index (κ1) is 11.1. The molecule has 3 heterocycles. The zero-order valence-corrected chi connectivity index (χ0v) is 9.96. The molecule has 0 radical (unpaired) electrons. The van der Waals surface area contributed by atoms with Gasteiger partial charge in [0, 0.05) is 18.0 Å². The molecule has 0 aromatic carbocycles. The summed E-state index contributed by atoms with van der Waals surface area (Å²) in [7, 11) is 0. The largest absolute Gasteiger partial charge is 0.382 e. The molecule has 0 aliphatic heterocycles. The molecule has 3 aromatic heterocycles. The molecule has 0 amide bonds. The van der Waals surface area contributed by atoms with Crippen molar-refractivity contribution in [3.05, 3.63) is 53.3 Å². The Kier molecular flexibility index (Phi) is 2.70. The molecule has 6 heteroatoms. The molecule has 0 fully saturated rings. The number of aliphatic hydroxyl groups excluding tert-OH is 1. The minimum absolute atomic E-state index is 0.311. The van der Waals surface area contributed by atoms with Crippen LogP contribution in [0.3, 0.4) is 0 Å². The molecular weight excluding hydrogens is 252 g/mol. The second-order valence-corrected chi connectivity index (χ2v) is 4.15. The maximum atomic E-state index is 10.3. The molecule has 5 nitrogen and oxygen atoms in total. The molecule has 0 spiro atoms. The number of H-pyrrole nitrogens is 1. The third-order valence-electron chi connectivity index (χ3n) is 2.72. The standard InChI is InChI=1S/C12H9ClN4O/c13-11-9-7(5-15-12(9)17-6-16-11)10(18)8-3-1-2-4-14-8/h1-6,10,18H,(H,15,16,17). The fourth-order valence-corrected chi connectivity index (χ4v) is 2.10. The molecule has 0 aliphatic carbocycles. The fraction of sp³-hybridized carbons (Fsp3) is 0.0833. The molecule has 0 saturated heterocycles. The van der Waals surface area contributed by atoms with E-state index in [0.29, 0.717) is 27.4 Å². The molecule has 2 N–H and O–H groups in total. The highest BCUT2D eigenvalue weighted by Gasteiger charge is 2.18. The number of pyridine rings is 1. The van der Waals surface area contributed by atoms with Crippen LogP contribution in [0.5, 0.6) is 0 Å². The predicted molar refractivity (Wildman–Crippen MR) is 67.2 cm³/mol. The summed E-state index contributed by atoms with van der Waals surface area (Å²) in [5, 5.41) is 11.2. The number of aromatic amines is 1. The third kappa shape index (κ3) is 1.73. The third-order valence-corrected chi connectivity index (χ3v) is 3.00. The quantitative estimate of drug-likeness (QED) is 0.692. The van der Waals surface area contributed by atoms with Crippen LogP contribution in [0.1, 0.15) is 17.4 Å². The molecule has 1 unspecified atom stereocenters. The lowest BCUT2D eigenvalue weighted by atomic mass is 10.1. The van der Waals surface area contributed by atoms with Crippen LogP contribution in [0.15, 0.2) is 36.9 Å². The fourth-order valence-electron chi connectivity index (χ4n) is 1.86. The zero-order chi connectivity index (χ0) is 12.5. The molecule has 90 valence electrons. The van der Waals surface area contributed by atoms with Gasteiger partial charge in [0.05, 0.1) is 11.1 Å². The van der Waals surface area contributed by atoms with Gasteiger partial charge in [-0.15, -0.1) is 0 Å². The maximum absolute atomic E-state index is 10.3. The molecule has 0 bridgehead atoms. The summed E-state index contributed by atoms with van der Waals surface area (Å²) in [4.78, 5) is 15.1. The molecule has 3 aromatic rings. The van der Waals surface area contributed by atoms with Gasteiger partial charge in [0.25, 0.3) is 0 Å². The van der Waals surface area contributed by atoms with Crippen LogP contribution in [0, 0.1) is 0 Å². The van der Waals surface area contributed by atoms with Crippen LogP contribution in [0.2, 0.25) is 5.15 Å². The molecule has 3 rings (SSSR count). The van der Waals surface area contributed by atoms with E-state index in [1.807, 2.05) is 6.07 Å². The smallest absolute Gasteiger partial charge is 0.142 e. The van der Waals surface area contributed by atoms with Gasteiger partial charge in [0.2, 0.25) is 0 Å². The molecule has 1 atom stereocenters. The lowest BCUT2D eigenvalue weighted by Gasteiger charge is -2.08. The van der Waals surface area contributed by atoms with E-state index in [1.54, 1.807) is 24.5 Å². The first-order valence-corrected chi connectivity index (χ1v) is 5.71. The van der Waals surface area contributed by atoms with Gasteiger partial charge in [-0.25, -0.2) is 9.97 Å². The zero-order valence-electron chi connectivity index (χ0n) is 9.21. The van der Waals surface area contributed by atoms with E-state index in [0.717, 1.165) is 0 Å². The van der Waals surface area contributed by atoms with Crippen molar-refractivity contribution in [1.82, 2.24) is 19.9 Å². The van der Waals surface area contributed by atoms with Gasteiger partial charge in [-0.05, 0) is 12.1 Å². The predicted octanol–water partition coefficient (Wildman–Crippen LogP) is 2.09. The summed E-state index contributed by atoms with van der Waals surface area (Å²) in [6.07, 6.45) is 3.82. The van der Waals surface area contributed by atoms with Crippen molar-refractivity contribution in [3.63, 3.8) is 0 Å². The van der Waals surface area contributed by atoms with E-state index in [9.17, 15) is 5.11 Å². The lowest BCUT2D eigenvalue weighted by Crippen LogP contribution is -2.01. The van der Waals surface area contributed by atoms with Crippen LogP contribution in [-0.4, -0.2) is 25.0 Å². The Morgan fingerprint density at radius 2 is 2.11 bits per heavy atom. The van der Waals surface area contributed by atoms with Crippen LogP contribution in [0.25, 0.3) is 11.0 Å². The summed E-state index contributed by atoms with van der Waals surface area (Å²) in [6, 6.07) is 5.36. The maximum Gasteiger partial charge on any atom is 0.142 e. The average Bonchev–Trinajstić information content (AvgIpc) is 2.84. The van der Waals surface area contributed by atoms with Gasteiger partial charge in [0.15, 0.2) is 0 Å². The molecule has 0 aliphatic rings. The highest BCUT2D eigenvalue weighted by molar-refractivity contribution is 6.34.